The Morgan fingerprint density at radius 1 is 1.36 bits per heavy atom. The summed E-state index contributed by atoms with van der Waals surface area (Å²) >= 11 is 0. The van der Waals surface area contributed by atoms with Crippen molar-refractivity contribution in [1.29, 1.82) is 0 Å². The van der Waals surface area contributed by atoms with Crippen LogP contribution in [0.5, 0.6) is 5.75 Å². The first kappa shape index (κ1) is 18.4. The number of carbonyl (C=O) groups excluding carboxylic acids is 2. The number of para-hydroxylation sites is 1. The maximum Gasteiger partial charge on any atom is 0.278 e. The van der Waals surface area contributed by atoms with E-state index < -0.39 is 11.7 Å². The van der Waals surface area contributed by atoms with E-state index in [0.717, 1.165) is 10.9 Å². The fourth-order valence-corrected chi connectivity index (χ4v) is 2.30. The Hall–Kier alpha value is -2.90. The Morgan fingerprint density at radius 2 is 2.04 bits per heavy atom. The normalized spacial score (nSPS) is 10.8. The first-order chi connectivity index (χ1) is 11.8. The Morgan fingerprint density at radius 3 is 2.64 bits per heavy atom. The van der Waals surface area contributed by atoms with E-state index in [1.807, 2.05) is 13.8 Å². The molecule has 2 rings (SSSR count). The van der Waals surface area contributed by atoms with Crippen LogP contribution < -0.4 is 5.32 Å². The van der Waals surface area contributed by atoms with Gasteiger partial charge in [-0.25, -0.2) is 9.07 Å². The monoisotopic (exact) mass is 348 g/mol. The third-order valence-electron chi connectivity index (χ3n) is 3.45. The summed E-state index contributed by atoms with van der Waals surface area (Å²) in [5.74, 6) is -1.82. The van der Waals surface area contributed by atoms with E-state index >= 15 is 0 Å². The molecule has 134 valence electrons. The molecule has 0 aliphatic rings. The van der Waals surface area contributed by atoms with Crippen LogP contribution in [0.15, 0.2) is 30.5 Å². The van der Waals surface area contributed by atoms with Crippen LogP contribution in [-0.4, -0.2) is 50.7 Å². The molecular weight excluding hydrogens is 327 g/mol. The number of nitrogens with one attached hydrogen (secondary N) is 1. The summed E-state index contributed by atoms with van der Waals surface area (Å²) in [6, 6.07) is 5.83. The van der Waals surface area contributed by atoms with Crippen LogP contribution in [0.25, 0.3) is 5.69 Å². The van der Waals surface area contributed by atoms with Crippen molar-refractivity contribution in [1.82, 2.24) is 20.0 Å². The van der Waals surface area contributed by atoms with Gasteiger partial charge in [0.1, 0.15) is 11.5 Å². The molecule has 1 aromatic carbocycles. The second-order valence-electron chi connectivity index (χ2n) is 5.80. The Kier molecular flexibility index (Phi) is 5.74. The molecule has 0 saturated heterocycles. The number of nitrogens with zero attached hydrogens (tertiary/aromatic N) is 3. The molecule has 7 nitrogen and oxygen atoms in total. The van der Waals surface area contributed by atoms with Gasteiger partial charge in [0.05, 0.1) is 12.7 Å². The highest BCUT2D eigenvalue weighted by molar-refractivity contribution is 5.97. The average Bonchev–Trinajstić information content (AvgIpc) is 2.93. The van der Waals surface area contributed by atoms with Gasteiger partial charge >= 0.3 is 0 Å². The zero-order valence-corrected chi connectivity index (χ0v) is 14.4. The summed E-state index contributed by atoms with van der Waals surface area (Å²) in [5, 5.41) is 16.7. The summed E-state index contributed by atoms with van der Waals surface area (Å²) in [6.07, 6.45) is 1.16. The van der Waals surface area contributed by atoms with Crippen molar-refractivity contribution in [3.05, 3.63) is 42.0 Å². The number of hydrogen-bond donors (Lipinski definition) is 2. The largest absolute Gasteiger partial charge is 0.504 e. The Bertz CT molecular complexity index is 773. The van der Waals surface area contributed by atoms with Gasteiger partial charge in [-0.05, 0) is 32.9 Å². The zero-order valence-electron chi connectivity index (χ0n) is 14.4. The topological polar surface area (TPSA) is 87.5 Å². The van der Waals surface area contributed by atoms with Crippen molar-refractivity contribution in [2.75, 3.05) is 13.1 Å². The van der Waals surface area contributed by atoms with Crippen molar-refractivity contribution < 1.29 is 19.1 Å². The Labute approximate surface area is 145 Å². The highest BCUT2D eigenvalue weighted by Crippen LogP contribution is 2.21. The number of amides is 2. The molecular formula is C17H21FN4O3. The predicted octanol–water partition coefficient (Wildman–Crippen LogP) is 1.70. The van der Waals surface area contributed by atoms with Crippen molar-refractivity contribution in [2.45, 2.75) is 26.8 Å². The van der Waals surface area contributed by atoms with Crippen LogP contribution >= 0.6 is 0 Å². The number of aromatic nitrogens is 2. The van der Waals surface area contributed by atoms with Gasteiger partial charge in [-0.15, -0.1) is 0 Å². The molecule has 0 aliphatic carbocycles. The second kappa shape index (κ2) is 7.78. The third-order valence-corrected chi connectivity index (χ3v) is 3.45. The van der Waals surface area contributed by atoms with Crippen LogP contribution in [0.1, 0.15) is 31.3 Å². The first-order valence-electron chi connectivity index (χ1n) is 7.95. The number of likely N-dealkylation sites (N-methyl/N-ethyl adjacent to an activating group) is 1. The predicted molar refractivity (Wildman–Crippen MR) is 90.0 cm³/mol. The molecule has 25 heavy (non-hydrogen) atoms. The van der Waals surface area contributed by atoms with Gasteiger partial charge in [-0.3, -0.25) is 9.59 Å². The fraction of sp³-hybridized carbons (Fsp3) is 0.353. The molecule has 0 radical (unpaired) electrons. The first-order valence-corrected chi connectivity index (χ1v) is 7.95. The second-order valence-corrected chi connectivity index (χ2v) is 5.80. The average molecular weight is 348 g/mol. The SMILES string of the molecule is CCN(CC(=O)NC(C)C)C(=O)c1nn(-c2ccccc2F)cc1O. The summed E-state index contributed by atoms with van der Waals surface area (Å²) in [5.41, 5.74) is -0.125. The van der Waals surface area contributed by atoms with E-state index in [2.05, 4.69) is 10.4 Å². The van der Waals surface area contributed by atoms with Gasteiger partial charge in [0.15, 0.2) is 11.4 Å². The molecule has 0 fully saturated rings. The summed E-state index contributed by atoms with van der Waals surface area (Å²) in [6.45, 7) is 5.46. The summed E-state index contributed by atoms with van der Waals surface area (Å²) in [7, 11) is 0. The van der Waals surface area contributed by atoms with E-state index in [-0.39, 0.29) is 42.2 Å². The molecule has 0 spiro atoms. The van der Waals surface area contributed by atoms with Crippen molar-refractivity contribution >= 4 is 11.8 Å². The molecule has 0 aliphatic heterocycles. The lowest BCUT2D eigenvalue weighted by Crippen LogP contribution is -2.42. The number of hydrogen-bond acceptors (Lipinski definition) is 4. The van der Waals surface area contributed by atoms with Crippen LogP contribution in [0.2, 0.25) is 0 Å². The minimum atomic E-state index is -0.603. The highest BCUT2D eigenvalue weighted by Gasteiger charge is 2.24. The van der Waals surface area contributed by atoms with E-state index in [4.69, 9.17) is 0 Å². The number of rotatable bonds is 6. The molecule has 0 atom stereocenters. The quantitative estimate of drug-likeness (QED) is 0.832. The van der Waals surface area contributed by atoms with Crippen molar-refractivity contribution in [2.24, 2.45) is 0 Å². The lowest BCUT2D eigenvalue weighted by Gasteiger charge is -2.20. The lowest BCUT2D eigenvalue weighted by atomic mass is 10.3. The molecule has 2 aromatic rings. The molecule has 2 N–H and O–H groups in total. The molecule has 2 amide bonds. The van der Waals surface area contributed by atoms with Crippen LogP contribution in [0.3, 0.4) is 0 Å². The van der Waals surface area contributed by atoms with Gasteiger partial charge in [-0.1, -0.05) is 12.1 Å². The summed E-state index contributed by atoms with van der Waals surface area (Å²) in [4.78, 5) is 25.7. The standard InChI is InChI=1S/C17H21FN4O3/c1-4-21(10-15(24)19-11(2)3)17(25)16-14(23)9-22(20-16)13-8-6-5-7-12(13)18/h5-9,11,23H,4,10H2,1-3H3,(H,19,24). The number of carbonyl (C=O) groups is 2. The maximum atomic E-state index is 13.8. The van der Waals surface area contributed by atoms with Crippen LogP contribution in [0, 0.1) is 5.82 Å². The minimum absolute atomic E-state index is 0.0463. The van der Waals surface area contributed by atoms with E-state index in [1.165, 1.54) is 23.1 Å². The fourth-order valence-electron chi connectivity index (χ4n) is 2.30. The molecule has 8 heteroatoms. The number of benzene rings is 1. The van der Waals surface area contributed by atoms with Gasteiger partial charge in [-0.2, -0.15) is 5.10 Å². The highest BCUT2D eigenvalue weighted by atomic mass is 19.1. The molecule has 0 unspecified atom stereocenters. The number of halogens is 1. The molecule has 1 aromatic heterocycles. The third kappa shape index (κ3) is 4.34. The van der Waals surface area contributed by atoms with E-state index in [9.17, 15) is 19.1 Å². The molecule has 0 bridgehead atoms. The van der Waals surface area contributed by atoms with Gasteiger partial charge in [0.2, 0.25) is 5.91 Å². The van der Waals surface area contributed by atoms with Gasteiger partial charge in [0.25, 0.3) is 5.91 Å². The molecule has 1 heterocycles. The van der Waals surface area contributed by atoms with E-state index in [0.29, 0.717) is 0 Å². The molecule has 0 saturated carbocycles. The van der Waals surface area contributed by atoms with Gasteiger partial charge in [0, 0.05) is 12.6 Å². The number of aromatic hydroxyl groups is 1. The lowest BCUT2D eigenvalue weighted by molar-refractivity contribution is -0.122. The van der Waals surface area contributed by atoms with Crippen LogP contribution in [0.4, 0.5) is 4.39 Å². The van der Waals surface area contributed by atoms with E-state index in [1.54, 1.807) is 13.0 Å². The van der Waals surface area contributed by atoms with Crippen molar-refractivity contribution in [3.63, 3.8) is 0 Å². The van der Waals surface area contributed by atoms with Crippen LogP contribution in [-0.2, 0) is 4.79 Å². The van der Waals surface area contributed by atoms with Gasteiger partial charge < -0.3 is 15.3 Å². The zero-order chi connectivity index (χ0) is 18.6. The smallest absolute Gasteiger partial charge is 0.278 e. The summed E-state index contributed by atoms with van der Waals surface area (Å²) < 4.78 is 14.9. The van der Waals surface area contributed by atoms with Crippen molar-refractivity contribution in [3.8, 4) is 11.4 Å². The Balaban J connectivity index is 2.24. The minimum Gasteiger partial charge on any atom is -0.504 e. The maximum absolute atomic E-state index is 13.8.